The van der Waals surface area contributed by atoms with Crippen molar-refractivity contribution in [1.82, 2.24) is 0 Å². The average molecular weight is 625 g/mol. The van der Waals surface area contributed by atoms with Crippen LogP contribution in [0.15, 0.2) is 186 Å². The molecule has 1 heterocycles. The fourth-order valence-electron chi connectivity index (χ4n) is 7.56. The molecular weight excluding hydrogens is 593 g/mol. The molecule has 1 heteroatoms. The van der Waals surface area contributed by atoms with Gasteiger partial charge in [-0.15, -0.1) is 0 Å². The quantitative estimate of drug-likeness (QED) is 0.178. The summed E-state index contributed by atoms with van der Waals surface area (Å²) in [4.78, 5) is 0. The molecule has 49 heavy (non-hydrogen) atoms. The minimum Gasteiger partial charge on any atom is -0.456 e. The molecular formula is C48H30O. The van der Waals surface area contributed by atoms with Crippen LogP contribution in [0.2, 0.25) is 0 Å². The third-order valence-corrected chi connectivity index (χ3v) is 9.95. The molecule has 0 amide bonds. The number of hydrogen-bond acceptors (Lipinski definition) is 1. The van der Waals surface area contributed by atoms with Crippen LogP contribution < -0.4 is 0 Å². The third-order valence-electron chi connectivity index (χ3n) is 9.95. The zero-order valence-corrected chi connectivity index (χ0v) is 26.6. The first-order valence-corrected chi connectivity index (χ1v) is 16.7. The standard InChI is InChI=1S/C48H30O/c1-2-10-36-29-37(26-21-31(36)9-1)32-17-22-34(23-18-32)47-40-12-3-5-14-42(40)48(43-15-6-4-13-41(43)47)35-24-19-33(20-25-35)38-27-28-46-44(30-38)39-11-7-8-16-45(39)49-46/h1-30H/i1D,8D. The van der Waals surface area contributed by atoms with Crippen molar-refractivity contribution in [2.45, 2.75) is 0 Å². The van der Waals surface area contributed by atoms with E-state index in [4.69, 9.17) is 7.16 Å². The highest BCUT2D eigenvalue weighted by molar-refractivity contribution is 6.21. The Hall–Kier alpha value is -6.44. The number of para-hydroxylation sites is 1. The van der Waals surface area contributed by atoms with E-state index in [1.165, 1.54) is 54.9 Å². The topological polar surface area (TPSA) is 13.1 Å². The number of benzene rings is 9. The maximum absolute atomic E-state index is 7.97. The maximum Gasteiger partial charge on any atom is 0.135 e. The number of furan rings is 1. The van der Waals surface area contributed by atoms with E-state index in [1.54, 1.807) is 6.07 Å². The Kier molecular flexibility index (Phi) is 5.79. The summed E-state index contributed by atoms with van der Waals surface area (Å²) in [6, 6.07) is 60.6. The van der Waals surface area contributed by atoms with Crippen molar-refractivity contribution in [2.75, 3.05) is 0 Å². The zero-order chi connectivity index (χ0) is 34.1. The van der Waals surface area contributed by atoms with E-state index < -0.39 is 0 Å². The van der Waals surface area contributed by atoms with Gasteiger partial charge in [-0.05, 0) is 101 Å². The first-order valence-electron chi connectivity index (χ1n) is 17.7. The van der Waals surface area contributed by atoms with Gasteiger partial charge in [0.15, 0.2) is 0 Å². The van der Waals surface area contributed by atoms with Crippen molar-refractivity contribution in [2.24, 2.45) is 0 Å². The predicted molar refractivity (Wildman–Crippen MR) is 208 cm³/mol. The number of hydrogen-bond donors (Lipinski definition) is 0. The van der Waals surface area contributed by atoms with Crippen molar-refractivity contribution in [3.8, 4) is 44.5 Å². The smallest absolute Gasteiger partial charge is 0.135 e. The summed E-state index contributed by atoms with van der Waals surface area (Å²) in [5.74, 6) is 0. The summed E-state index contributed by atoms with van der Waals surface area (Å²) in [6.07, 6.45) is 0. The minimum atomic E-state index is 0.450. The summed E-state index contributed by atoms with van der Waals surface area (Å²) in [7, 11) is 0. The van der Waals surface area contributed by atoms with Crippen LogP contribution in [0, 0.1) is 0 Å². The van der Waals surface area contributed by atoms with Gasteiger partial charge in [-0.25, -0.2) is 0 Å². The van der Waals surface area contributed by atoms with Gasteiger partial charge < -0.3 is 4.42 Å². The van der Waals surface area contributed by atoms with Crippen LogP contribution in [0.3, 0.4) is 0 Å². The lowest BCUT2D eigenvalue weighted by Gasteiger charge is -2.18. The molecule has 228 valence electrons. The molecule has 0 saturated heterocycles. The summed E-state index contributed by atoms with van der Waals surface area (Å²) in [5, 5.41) is 9.24. The molecule has 0 saturated carbocycles. The summed E-state index contributed by atoms with van der Waals surface area (Å²) in [5.41, 5.74) is 11.0. The van der Waals surface area contributed by atoms with E-state index in [0.717, 1.165) is 43.8 Å². The van der Waals surface area contributed by atoms with Crippen molar-refractivity contribution >= 4 is 54.3 Å². The second-order valence-electron chi connectivity index (χ2n) is 12.7. The zero-order valence-electron chi connectivity index (χ0n) is 28.6. The molecule has 0 aliphatic carbocycles. The molecule has 0 radical (unpaired) electrons. The largest absolute Gasteiger partial charge is 0.456 e. The highest BCUT2D eigenvalue weighted by Gasteiger charge is 2.17. The fraction of sp³-hybridized carbons (Fsp3) is 0. The molecule has 0 bridgehead atoms. The molecule has 0 aliphatic heterocycles. The molecule has 9 aromatic carbocycles. The second-order valence-corrected chi connectivity index (χ2v) is 12.7. The maximum atomic E-state index is 7.97. The van der Waals surface area contributed by atoms with Gasteiger partial charge in [0.2, 0.25) is 0 Å². The Morgan fingerprint density at radius 2 is 0.776 bits per heavy atom. The van der Waals surface area contributed by atoms with Gasteiger partial charge in [-0.2, -0.15) is 0 Å². The Labute approximate surface area is 287 Å². The molecule has 0 unspecified atom stereocenters. The van der Waals surface area contributed by atoms with Crippen molar-refractivity contribution in [3.05, 3.63) is 182 Å². The van der Waals surface area contributed by atoms with Crippen LogP contribution in [0.25, 0.3) is 98.8 Å². The van der Waals surface area contributed by atoms with Gasteiger partial charge in [0.25, 0.3) is 0 Å². The summed E-state index contributed by atoms with van der Waals surface area (Å²) < 4.78 is 22.0. The number of fused-ring (bicyclic) bond motifs is 6. The summed E-state index contributed by atoms with van der Waals surface area (Å²) >= 11 is 0. The van der Waals surface area contributed by atoms with E-state index in [9.17, 15) is 0 Å². The molecule has 10 aromatic rings. The SMILES string of the molecule is [2H]c1ccc2cc(-c3ccc(-c4c5ccccc5c(-c5ccc(-c6ccc7oc8cc([2H])ccc8c7c6)cc5)c5ccccc45)cc3)ccc2c1. The normalized spacial score (nSPS) is 12.2. The third kappa shape index (κ3) is 4.55. The van der Waals surface area contributed by atoms with Crippen LogP contribution in [-0.2, 0) is 0 Å². The highest BCUT2D eigenvalue weighted by Crippen LogP contribution is 2.44. The van der Waals surface area contributed by atoms with Crippen molar-refractivity contribution in [3.63, 3.8) is 0 Å². The van der Waals surface area contributed by atoms with Crippen LogP contribution in [0.4, 0.5) is 0 Å². The second kappa shape index (κ2) is 11.1. The Balaban J connectivity index is 1.07. The van der Waals surface area contributed by atoms with Gasteiger partial charge in [-0.3, -0.25) is 0 Å². The van der Waals surface area contributed by atoms with Gasteiger partial charge in [0, 0.05) is 10.8 Å². The highest BCUT2D eigenvalue weighted by atomic mass is 16.3. The monoisotopic (exact) mass is 624 g/mol. The van der Waals surface area contributed by atoms with E-state index in [0.29, 0.717) is 12.1 Å². The van der Waals surface area contributed by atoms with E-state index in [2.05, 4.69) is 127 Å². The van der Waals surface area contributed by atoms with Crippen LogP contribution >= 0.6 is 0 Å². The van der Waals surface area contributed by atoms with Gasteiger partial charge >= 0.3 is 0 Å². The Morgan fingerprint density at radius 3 is 1.41 bits per heavy atom. The lowest BCUT2D eigenvalue weighted by molar-refractivity contribution is 0.669. The Bertz CT molecular complexity index is 2910. The van der Waals surface area contributed by atoms with Gasteiger partial charge in [0.05, 0.1) is 2.74 Å². The summed E-state index contributed by atoms with van der Waals surface area (Å²) in [6.45, 7) is 0. The van der Waals surface area contributed by atoms with Gasteiger partial charge in [-0.1, -0.05) is 158 Å². The molecule has 0 fully saturated rings. The van der Waals surface area contributed by atoms with E-state index in [1.807, 2.05) is 36.4 Å². The van der Waals surface area contributed by atoms with Crippen molar-refractivity contribution in [1.29, 1.82) is 0 Å². The molecule has 0 atom stereocenters. The van der Waals surface area contributed by atoms with Crippen LogP contribution in [0.5, 0.6) is 0 Å². The molecule has 0 N–H and O–H groups in total. The van der Waals surface area contributed by atoms with Gasteiger partial charge in [0.1, 0.15) is 11.2 Å². The Morgan fingerprint density at radius 1 is 0.306 bits per heavy atom. The minimum absolute atomic E-state index is 0.450. The first-order chi connectivity index (χ1) is 25.1. The average Bonchev–Trinajstić information content (AvgIpc) is 3.53. The predicted octanol–water partition coefficient (Wildman–Crippen LogP) is 13.7. The molecule has 0 spiro atoms. The first kappa shape index (κ1) is 25.6. The van der Waals surface area contributed by atoms with Crippen LogP contribution in [0.1, 0.15) is 2.74 Å². The van der Waals surface area contributed by atoms with E-state index in [-0.39, 0.29) is 0 Å². The van der Waals surface area contributed by atoms with Crippen molar-refractivity contribution < 1.29 is 7.16 Å². The molecule has 0 aliphatic rings. The fourth-order valence-corrected chi connectivity index (χ4v) is 7.56. The molecule has 1 nitrogen and oxygen atoms in total. The van der Waals surface area contributed by atoms with E-state index >= 15 is 0 Å². The lowest BCUT2D eigenvalue weighted by atomic mass is 9.85. The molecule has 10 rings (SSSR count). The number of rotatable bonds is 4. The van der Waals surface area contributed by atoms with Crippen LogP contribution in [-0.4, -0.2) is 0 Å². The lowest BCUT2D eigenvalue weighted by Crippen LogP contribution is -1.91. The molecule has 1 aromatic heterocycles.